The summed E-state index contributed by atoms with van der Waals surface area (Å²) in [6.07, 6.45) is 1.17. The average molecular weight is 275 g/mol. The van der Waals surface area contributed by atoms with Crippen molar-refractivity contribution in [1.82, 2.24) is 10.2 Å². The van der Waals surface area contributed by atoms with Crippen molar-refractivity contribution in [3.63, 3.8) is 0 Å². The Hall–Kier alpha value is -0.280. The predicted molar refractivity (Wildman–Crippen MR) is 76.0 cm³/mol. The number of hydrogen-bond donors (Lipinski definition) is 1. The Labute approximate surface area is 114 Å². The van der Waals surface area contributed by atoms with E-state index in [0.29, 0.717) is 0 Å². The van der Waals surface area contributed by atoms with Gasteiger partial charge in [-0.1, -0.05) is 30.1 Å². The summed E-state index contributed by atoms with van der Waals surface area (Å²) in [5, 5.41) is 4.90. The summed E-state index contributed by atoms with van der Waals surface area (Å²) in [4.78, 5) is 2.24. The van der Waals surface area contributed by atoms with Crippen LogP contribution in [-0.4, -0.2) is 31.6 Å². The first-order valence-electron chi connectivity index (χ1n) is 5.96. The van der Waals surface area contributed by atoms with Crippen LogP contribution in [0.2, 0.25) is 10.0 Å². The van der Waals surface area contributed by atoms with Gasteiger partial charge < -0.3 is 10.2 Å². The number of halogens is 2. The molecule has 1 aromatic rings. The van der Waals surface area contributed by atoms with Crippen LogP contribution in [0.3, 0.4) is 0 Å². The van der Waals surface area contributed by atoms with Crippen LogP contribution in [0.4, 0.5) is 0 Å². The van der Waals surface area contributed by atoms with Gasteiger partial charge in [0.2, 0.25) is 0 Å². The van der Waals surface area contributed by atoms with E-state index in [9.17, 15) is 0 Å². The normalized spacial score (nSPS) is 11.1. The minimum absolute atomic E-state index is 0.738. The van der Waals surface area contributed by atoms with Crippen molar-refractivity contribution in [1.29, 1.82) is 0 Å². The first-order chi connectivity index (χ1) is 8.13. The Kier molecular flexibility index (Phi) is 6.90. The molecule has 96 valence electrons. The van der Waals surface area contributed by atoms with Gasteiger partial charge in [-0.2, -0.15) is 0 Å². The van der Waals surface area contributed by atoms with Crippen LogP contribution in [0.25, 0.3) is 0 Å². The maximum atomic E-state index is 6.12. The molecule has 0 amide bonds. The van der Waals surface area contributed by atoms with Gasteiger partial charge in [0, 0.05) is 29.7 Å². The zero-order valence-corrected chi connectivity index (χ0v) is 12.0. The van der Waals surface area contributed by atoms with Gasteiger partial charge in [-0.25, -0.2) is 0 Å². The van der Waals surface area contributed by atoms with Crippen molar-refractivity contribution in [2.75, 3.05) is 26.7 Å². The van der Waals surface area contributed by atoms with E-state index < -0.39 is 0 Å². The van der Waals surface area contributed by atoms with Crippen LogP contribution in [0, 0.1) is 0 Å². The van der Waals surface area contributed by atoms with Gasteiger partial charge in [0.15, 0.2) is 0 Å². The molecule has 0 fully saturated rings. The summed E-state index contributed by atoms with van der Waals surface area (Å²) in [5.41, 5.74) is 1.08. The second kappa shape index (κ2) is 7.93. The Morgan fingerprint density at radius 1 is 1.24 bits per heavy atom. The molecule has 0 unspecified atom stereocenters. The number of rotatable bonds is 7. The number of likely N-dealkylation sites (N-methyl/N-ethyl adjacent to an activating group) is 1. The molecule has 2 nitrogen and oxygen atoms in total. The quantitative estimate of drug-likeness (QED) is 0.767. The number of benzene rings is 1. The molecule has 17 heavy (non-hydrogen) atoms. The summed E-state index contributed by atoms with van der Waals surface area (Å²) in [6.45, 7) is 6.08. The lowest BCUT2D eigenvalue weighted by Gasteiger charge is -2.17. The van der Waals surface area contributed by atoms with Crippen LogP contribution in [-0.2, 0) is 6.54 Å². The summed E-state index contributed by atoms with van der Waals surface area (Å²) < 4.78 is 0. The Morgan fingerprint density at radius 2 is 2.00 bits per heavy atom. The highest BCUT2D eigenvalue weighted by Gasteiger charge is 2.05. The van der Waals surface area contributed by atoms with Crippen LogP contribution in [0.5, 0.6) is 0 Å². The van der Waals surface area contributed by atoms with E-state index in [4.69, 9.17) is 23.2 Å². The van der Waals surface area contributed by atoms with E-state index in [1.165, 1.54) is 6.42 Å². The molecule has 0 aliphatic heterocycles. The molecule has 0 saturated carbocycles. The Morgan fingerprint density at radius 3 is 2.71 bits per heavy atom. The molecule has 0 bridgehead atoms. The lowest BCUT2D eigenvalue weighted by Crippen LogP contribution is -2.29. The lowest BCUT2D eigenvalue weighted by atomic mass is 10.2. The van der Waals surface area contributed by atoms with Crippen LogP contribution in [0.15, 0.2) is 18.2 Å². The highest BCUT2D eigenvalue weighted by molar-refractivity contribution is 6.33. The van der Waals surface area contributed by atoms with E-state index in [1.807, 2.05) is 18.2 Å². The van der Waals surface area contributed by atoms with E-state index >= 15 is 0 Å². The molecule has 1 aromatic carbocycles. The van der Waals surface area contributed by atoms with Crippen molar-refractivity contribution in [3.05, 3.63) is 33.8 Å². The maximum absolute atomic E-state index is 6.12. The molecule has 0 radical (unpaired) electrons. The van der Waals surface area contributed by atoms with Crippen molar-refractivity contribution < 1.29 is 0 Å². The van der Waals surface area contributed by atoms with Gasteiger partial charge in [-0.3, -0.25) is 0 Å². The van der Waals surface area contributed by atoms with Gasteiger partial charge in [0.25, 0.3) is 0 Å². The molecule has 0 spiro atoms. The maximum Gasteiger partial charge on any atom is 0.0452 e. The molecule has 4 heteroatoms. The van der Waals surface area contributed by atoms with Crippen LogP contribution in [0.1, 0.15) is 18.9 Å². The molecule has 0 heterocycles. The standard InChI is InChI=1S/C13H20Cl2N2/c1-3-6-16-7-8-17(2)10-11-9-12(14)4-5-13(11)15/h4-5,9,16H,3,6-8,10H2,1-2H3. The van der Waals surface area contributed by atoms with Gasteiger partial charge in [0.1, 0.15) is 0 Å². The van der Waals surface area contributed by atoms with Crippen molar-refractivity contribution in [2.24, 2.45) is 0 Å². The monoisotopic (exact) mass is 274 g/mol. The molecule has 0 aliphatic rings. The molecular formula is C13H20Cl2N2. The number of nitrogens with zero attached hydrogens (tertiary/aromatic N) is 1. The zero-order chi connectivity index (χ0) is 12.7. The Balaban J connectivity index is 2.39. The van der Waals surface area contributed by atoms with Crippen molar-refractivity contribution >= 4 is 23.2 Å². The zero-order valence-electron chi connectivity index (χ0n) is 10.5. The van der Waals surface area contributed by atoms with Crippen molar-refractivity contribution in [2.45, 2.75) is 19.9 Å². The van der Waals surface area contributed by atoms with Gasteiger partial charge in [-0.15, -0.1) is 0 Å². The summed E-state index contributed by atoms with van der Waals surface area (Å²) >= 11 is 12.1. The fourth-order valence-corrected chi connectivity index (χ4v) is 1.98. The average Bonchev–Trinajstić information content (AvgIpc) is 2.29. The predicted octanol–water partition coefficient (Wildman–Crippen LogP) is 3.42. The van der Waals surface area contributed by atoms with Gasteiger partial charge >= 0.3 is 0 Å². The van der Waals surface area contributed by atoms with E-state index in [-0.39, 0.29) is 0 Å². The largest absolute Gasteiger partial charge is 0.315 e. The topological polar surface area (TPSA) is 15.3 Å². The molecule has 1 N–H and O–H groups in total. The second-order valence-corrected chi connectivity index (χ2v) is 5.07. The Bertz CT molecular complexity index is 342. The smallest absolute Gasteiger partial charge is 0.0452 e. The molecule has 0 saturated heterocycles. The minimum Gasteiger partial charge on any atom is -0.315 e. The molecule has 0 aromatic heterocycles. The first-order valence-corrected chi connectivity index (χ1v) is 6.72. The number of nitrogens with one attached hydrogen (secondary N) is 1. The first kappa shape index (κ1) is 14.8. The fourth-order valence-electron chi connectivity index (χ4n) is 1.61. The second-order valence-electron chi connectivity index (χ2n) is 4.22. The fraction of sp³-hybridized carbons (Fsp3) is 0.538. The van der Waals surface area contributed by atoms with E-state index in [0.717, 1.165) is 41.8 Å². The van der Waals surface area contributed by atoms with Crippen LogP contribution < -0.4 is 5.32 Å². The third-order valence-corrected chi connectivity index (χ3v) is 3.15. The van der Waals surface area contributed by atoms with Gasteiger partial charge in [-0.05, 0) is 43.8 Å². The molecule has 0 atom stereocenters. The van der Waals surface area contributed by atoms with E-state index in [2.05, 4.69) is 24.2 Å². The lowest BCUT2D eigenvalue weighted by molar-refractivity contribution is 0.325. The molecular weight excluding hydrogens is 255 g/mol. The third kappa shape index (κ3) is 5.73. The summed E-state index contributed by atoms with van der Waals surface area (Å²) in [5.74, 6) is 0. The number of hydrogen-bond acceptors (Lipinski definition) is 2. The molecule has 0 aliphatic carbocycles. The third-order valence-electron chi connectivity index (χ3n) is 2.55. The van der Waals surface area contributed by atoms with E-state index in [1.54, 1.807) is 0 Å². The summed E-state index contributed by atoms with van der Waals surface area (Å²) in [7, 11) is 2.09. The van der Waals surface area contributed by atoms with Gasteiger partial charge in [0.05, 0.1) is 0 Å². The molecule has 1 rings (SSSR count). The summed E-state index contributed by atoms with van der Waals surface area (Å²) in [6, 6.07) is 5.60. The minimum atomic E-state index is 0.738. The van der Waals surface area contributed by atoms with Crippen LogP contribution >= 0.6 is 23.2 Å². The highest BCUT2D eigenvalue weighted by Crippen LogP contribution is 2.21. The van der Waals surface area contributed by atoms with Crippen molar-refractivity contribution in [3.8, 4) is 0 Å². The highest BCUT2D eigenvalue weighted by atomic mass is 35.5. The SMILES string of the molecule is CCCNCCN(C)Cc1cc(Cl)ccc1Cl.